The molecule has 0 atom stereocenters. The molecule has 0 unspecified atom stereocenters. The maximum absolute atomic E-state index is 13.8. The van der Waals surface area contributed by atoms with Crippen molar-refractivity contribution in [1.82, 2.24) is 23.8 Å². The third kappa shape index (κ3) is 4.30. The number of carbonyl (C=O) groups is 1. The number of benzene rings is 1. The van der Waals surface area contributed by atoms with Gasteiger partial charge in [-0.05, 0) is 41.8 Å². The Morgan fingerprint density at radius 1 is 1.06 bits per heavy atom. The first-order chi connectivity index (χ1) is 16.8. The van der Waals surface area contributed by atoms with Crippen molar-refractivity contribution in [3.63, 3.8) is 0 Å². The molecule has 13 heteroatoms. The lowest BCUT2D eigenvalue weighted by molar-refractivity contribution is 0.0699. The van der Waals surface area contributed by atoms with Gasteiger partial charge in [0.2, 0.25) is 0 Å². The number of piperazine rings is 1. The lowest BCUT2D eigenvalue weighted by atomic mass is 10.1. The summed E-state index contributed by atoms with van der Waals surface area (Å²) in [6.45, 7) is 0.448. The second-order valence-electron chi connectivity index (χ2n) is 7.80. The molecule has 0 spiro atoms. The molecule has 1 amide bonds. The molecule has 5 rings (SSSR count). The second-order valence-corrected chi connectivity index (χ2v) is 10.9. The number of aromatic nitrogens is 3. The second kappa shape index (κ2) is 9.06. The summed E-state index contributed by atoms with van der Waals surface area (Å²) in [6, 6.07) is 9.54. The Bertz CT molecular complexity index is 1480. The lowest BCUT2D eigenvalue weighted by Crippen LogP contribution is -2.50. The van der Waals surface area contributed by atoms with Gasteiger partial charge in [0, 0.05) is 31.7 Å². The highest BCUT2D eigenvalue weighted by molar-refractivity contribution is 7.91. The topological polar surface area (TPSA) is 87.9 Å². The Morgan fingerprint density at radius 2 is 1.77 bits per heavy atom. The molecule has 0 bridgehead atoms. The molecule has 1 fully saturated rings. The van der Waals surface area contributed by atoms with Gasteiger partial charge < -0.3 is 4.90 Å². The predicted octanol–water partition coefficient (Wildman–Crippen LogP) is 3.68. The fourth-order valence-corrected chi connectivity index (χ4v) is 6.47. The Labute approximate surface area is 202 Å². The number of nitrogens with zero attached hydrogens (tertiary/aromatic N) is 5. The molecule has 1 aromatic carbocycles. The number of sulfonamides is 1. The number of rotatable bonds is 5. The smallest absolute Gasteiger partial charge is 0.280 e. The van der Waals surface area contributed by atoms with Crippen molar-refractivity contribution < 1.29 is 26.4 Å². The van der Waals surface area contributed by atoms with E-state index in [0.29, 0.717) is 5.56 Å². The van der Waals surface area contributed by atoms with Gasteiger partial charge in [-0.15, -0.1) is 11.3 Å². The van der Waals surface area contributed by atoms with Crippen LogP contribution < -0.4 is 0 Å². The van der Waals surface area contributed by atoms with E-state index in [4.69, 9.17) is 0 Å². The van der Waals surface area contributed by atoms with Crippen LogP contribution in [0.3, 0.4) is 0 Å². The molecule has 0 radical (unpaired) electrons. The normalized spacial score (nSPS) is 15.3. The highest BCUT2D eigenvalue weighted by Gasteiger charge is 2.32. The van der Waals surface area contributed by atoms with E-state index in [0.717, 1.165) is 21.9 Å². The van der Waals surface area contributed by atoms with Gasteiger partial charge in [-0.2, -0.15) is 9.40 Å². The molecule has 0 aliphatic carbocycles. The largest absolute Gasteiger partial charge is 0.336 e. The third-order valence-electron chi connectivity index (χ3n) is 5.71. The van der Waals surface area contributed by atoms with Gasteiger partial charge in [0.1, 0.15) is 21.3 Å². The lowest BCUT2D eigenvalue weighted by Gasteiger charge is -2.33. The van der Waals surface area contributed by atoms with Crippen LogP contribution in [0.2, 0.25) is 0 Å². The molecule has 3 aromatic heterocycles. The van der Waals surface area contributed by atoms with Gasteiger partial charge in [-0.1, -0.05) is 6.07 Å². The van der Waals surface area contributed by atoms with Crippen molar-refractivity contribution in [3.8, 4) is 11.3 Å². The van der Waals surface area contributed by atoms with Gasteiger partial charge in [0.15, 0.2) is 5.65 Å². The van der Waals surface area contributed by atoms with Gasteiger partial charge >= 0.3 is 0 Å². The minimum Gasteiger partial charge on any atom is -0.336 e. The van der Waals surface area contributed by atoms with Crippen molar-refractivity contribution in [1.29, 1.82) is 0 Å². The van der Waals surface area contributed by atoms with E-state index in [-0.39, 0.29) is 47.3 Å². The van der Waals surface area contributed by atoms with Crippen molar-refractivity contribution in [2.75, 3.05) is 26.2 Å². The first-order valence-corrected chi connectivity index (χ1v) is 12.8. The minimum absolute atomic E-state index is 0.0189. The van der Waals surface area contributed by atoms with Crippen LogP contribution in [0.5, 0.6) is 0 Å². The predicted molar refractivity (Wildman–Crippen MR) is 122 cm³/mol. The van der Waals surface area contributed by atoms with Crippen LogP contribution in [0.4, 0.5) is 13.2 Å². The Balaban J connectivity index is 1.44. The van der Waals surface area contributed by atoms with E-state index in [9.17, 15) is 26.4 Å². The monoisotopic (exact) mass is 521 g/mol. The van der Waals surface area contributed by atoms with Gasteiger partial charge in [-0.25, -0.2) is 31.1 Å². The number of hydrogen-bond acceptors (Lipinski definition) is 6. The van der Waals surface area contributed by atoms with E-state index < -0.39 is 33.9 Å². The number of alkyl halides is 2. The molecule has 0 N–H and O–H groups in total. The average molecular weight is 522 g/mol. The van der Waals surface area contributed by atoms with Crippen molar-refractivity contribution >= 4 is 32.9 Å². The maximum atomic E-state index is 13.8. The summed E-state index contributed by atoms with van der Waals surface area (Å²) in [5, 5.41) is 5.63. The molecule has 1 saturated heterocycles. The standard InChI is InChI=1S/C22H18F3N5O3S2/c23-15-5-3-14(4-6-15)17-12-18(20(24)25)30-21(27-17)16(13-26-30)22(31)28-7-9-29(10-8-28)35(32,33)19-2-1-11-34-19/h1-6,11-13,20H,7-10H2. The van der Waals surface area contributed by atoms with E-state index in [1.54, 1.807) is 11.4 Å². The summed E-state index contributed by atoms with van der Waals surface area (Å²) >= 11 is 1.12. The summed E-state index contributed by atoms with van der Waals surface area (Å²) in [7, 11) is -3.64. The SMILES string of the molecule is O=C(c1cnn2c(C(F)F)cc(-c3ccc(F)cc3)nc12)N1CCN(S(=O)(=O)c2cccs2)CC1. The summed E-state index contributed by atoms with van der Waals surface area (Å²) < 4.78 is 68.8. The summed E-state index contributed by atoms with van der Waals surface area (Å²) in [5.41, 5.74) is 0.0587. The van der Waals surface area contributed by atoms with E-state index in [2.05, 4.69) is 10.1 Å². The van der Waals surface area contributed by atoms with Crippen LogP contribution in [0, 0.1) is 5.82 Å². The van der Waals surface area contributed by atoms with Crippen LogP contribution in [0.1, 0.15) is 22.5 Å². The zero-order chi connectivity index (χ0) is 24.7. The van der Waals surface area contributed by atoms with E-state index in [1.165, 1.54) is 45.7 Å². The van der Waals surface area contributed by atoms with Crippen LogP contribution in [-0.2, 0) is 10.0 Å². The number of hydrogen-bond donors (Lipinski definition) is 0. The van der Waals surface area contributed by atoms with Crippen LogP contribution >= 0.6 is 11.3 Å². The zero-order valence-corrected chi connectivity index (χ0v) is 19.6. The molecule has 1 aliphatic heterocycles. The van der Waals surface area contributed by atoms with Crippen molar-refractivity contribution in [2.24, 2.45) is 0 Å². The molecule has 182 valence electrons. The quantitative estimate of drug-likeness (QED) is 0.400. The number of thiophene rings is 1. The number of fused-ring (bicyclic) bond motifs is 1. The van der Waals surface area contributed by atoms with E-state index in [1.807, 2.05) is 0 Å². The maximum Gasteiger partial charge on any atom is 0.280 e. The highest BCUT2D eigenvalue weighted by atomic mass is 32.2. The molecular weight excluding hydrogens is 503 g/mol. The molecule has 8 nitrogen and oxygen atoms in total. The Morgan fingerprint density at radius 3 is 2.40 bits per heavy atom. The molecule has 35 heavy (non-hydrogen) atoms. The number of carbonyl (C=O) groups excluding carboxylic acids is 1. The first kappa shape index (κ1) is 23.5. The molecule has 0 saturated carbocycles. The third-order valence-corrected chi connectivity index (χ3v) is 8.98. The van der Waals surface area contributed by atoms with Crippen molar-refractivity contribution in [2.45, 2.75) is 10.6 Å². The molecule has 4 aromatic rings. The summed E-state index contributed by atoms with van der Waals surface area (Å²) in [6.07, 6.45) is -1.71. The van der Waals surface area contributed by atoms with Gasteiger partial charge in [0.25, 0.3) is 22.4 Å². The number of halogens is 3. The molecule has 4 heterocycles. The minimum atomic E-state index is -3.64. The van der Waals surface area contributed by atoms with Gasteiger partial charge in [0.05, 0.1) is 11.9 Å². The molecular formula is C22H18F3N5O3S2. The highest BCUT2D eigenvalue weighted by Crippen LogP contribution is 2.28. The summed E-state index contributed by atoms with van der Waals surface area (Å²) in [4.78, 5) is 19.1. The number of amides is 1. The van der Waals surface area contributed by atoms with Gasteiger partial charge in [-0.3, -0.25) is 4.79 Å². The Kier molecular flexibility index (Phi) is 6.07. The zero-order valence-electron chi connectivity index (χ0n) is 18.0. The summed E-state index contributed by atoms with van der Waals surface area (Å²) in [5.74, 6) is -0.971. The first-order valence-electron chi connectivity index (χ1n) is 10.5. The average Bonchev–Trinajstić information content (AvgIpc) is 3.54. The fourth-order valence-electron chi connectivity index (χ4n) is 3.90. The van der Waals surface area contributed by atoms with Crippen LogP contribution in [0.25, 0.3) is 16.9 Å². The fraction of sp³-hybridized carbons (Fsp3) is 0.227. The van der Waals surface area contributed by atoms with Crippen molar-refractivity contribution in [3.05, 3.63) is 71.1 Å². The van der Waals surface area contributed by atoms with E-state index >= 15 is 0 Å². The van der Waals surface area contributed by atoms with Crippen LogP contribution in [0.15, 0.2) is 58.3 Å². The van der Waals surface area contributed by atoms with Crippen LogP contribution in [-0.4, -0.2) is 64.3 Å². The Hall–Kier alpha value is -3.29. The molecule has 1 aliphatic rings.